The smallest absolute Gasteiger partial charge is 0.348 e. The molecule has 1 unspecified atom stereocenters. The van der Waals surface area contributed by atoms with Crippen molar-refractivity contribution in [2.75, 3.05) is 0 Å². The van der Waals surface area contributed by atoms with Crippen molar-refractivity contribution >= 4 is 5.91 Å². The maximum absolute atomic E-state index is 13.0. The second kappa shape index (κ2) is 6.62. The first-order valence-electron chi connectivity index (χ1n) is 6.01. The van der Waals surface area contributed by atoms with Crippen LogP contribution in [0.4, 0.5) is 30.7 Å². The van der Waals surface area contributed by atoms with Gasteiger partial charge in [0.05, 0.1) is 0 Å². The quantitative estimate of drug-likeness (QED) is 0.560. The Balaban J connectivity index is 4.75. The standard InChI is InChI=1S/C11H16F7NO/c1-3-4-5-6-7(2)19-8(20)9(12,13)10(14,15)11(16,17)18/h7H,3-6H2,1-2H3,(H,19,20). The minimum Gasteiger partial charge on any atom is -0.348 e. The fourth-order valence-corrected chi connectivity index (χ4v) is 1.41. The molecule has 0 aliphatic rings. The maximum Gasteiger partial charge on any atom is 0.460 e. The number of alkyl halides is 7. The zero-order chi connectivity index (χ0) is 16.2. The molecule has 0 aromatic heterocycles. The maximum atomic E-state index is 13.0. The van der Waals surface area contributed by atoms with E-state index in [9.17, 15) is 35.5 Å². The minimum absolute atomic E-state index is 0.216. The van der Waals surface area contributed by atoms with Gasteiger partial charge in [0.25, 0.3) is 5.91 Å². The van der Waals surface area contributed by atoms with Crippen molar-refractivity contribution in [3.8, 4) is 0 Å². The average molecular weight is 311 g/mol. The lowest BCUT2D eigenvalue weighted by atomic mass is 10.1. The Bertz CT molecular complexity index is 327. The highest BCUT2D eigenvalue weighted by Gasteiger charge is 2.76. The number of carbonyl (C=O) groups excluding carboxylic acids is 1. The summed E-state index contributed by atoms with van der Waals surface area (Å²) in [6.45, 7) is 3.12. The number of nitrogens with one attached hydrogen (secondary N) is 1. The Labute approximate surface area is 111 Å². The highest BCUT2D eigenvalue weighted by Crippen LogP contribution is 2.46. The molecular weight excluding hydrogens is 295 g/mol. The van der Waals surface area contributed by atoms with Crippen LogP contribution in [0.15, 0.2) is 0 Å². The van der Waals surface area contributed by atoms with E-state index in [1.807, 2.05) is 6.92 Å². The zero-order valence-electron chi connectivity index (χ0n) is 11.0. The van der Waals surface area contributed by atoms with E-state index in [2.05, 4.69) is 0 Å². The molecule has 1 amide bonds. The van der Waals surface area contributed by atoms with E-state index >= 15 is 0 Å². The van der Waals surface area contributed by atoms with E-state index in [-0.39, 0.29) is 6.42 Å². The Morgan fingerprint density at radius 3 is 1.95 bits per heavy atom. The number of amides is 1. The lowest BCUT2D eigenvalue weighted by Crippen LogP contribution is -2.60. The van der Waals surface area contributed by atoms with Gasteiger partial charge in [0.2, 0.25) is 0 Å². The third-order valence-corrected chi connectivity index (χ3v) is 2.65. The van der Waals surface area contributed by atoms with E-state index in [4.69, 9.17) is 0 Å². The second-order valence-electron chi connectivity index (χ2n) is 4.52. The molecule has 1 N–H and O–H groups in total. The molecule has 0 saturated carbocycles. The van der Waals surface area contributed by atoms with E-state index in [1.165, 1.54) is 12.2 Å². The highest BCUT2D eigenvalue weighted by atomic mass is 19.4. The van der Waals surface area contributed by atoms with Crippen molar-refractivity contribution in [3.63, 3.8) is 0 Å². The van der Waals surface area contributed by atoms with Crippen LogP contribution in [0.2, 0.25) is 0 Å². The van der Waals surface area contributed by atoms with E-state index in [0.29, 0.717) is 6.42 Å². The van der Waals surface area contributed by atoms with Crippen LogP contribution in [0.3, 0.4) is 0 Å². The Kier molecular flexibility index (Phi) is 6.28. The van der Waals surface area contributed by atoms with Crippen LogP contribution in [0.25, 0.3) is 0 Å². The van der Waals surface area contributed by atoms with Crippen molar-refractivity contribution in [3.05, 3.63) is 0 Å². The van der Waals surface area contributed by atoms with Crippen molar-refractivity contribution in [2.24, 2.45) is 0 Å². The summed E-state index contributed by atoms with van der Waals surface area (Å²) in [5, 5.41) is 1.49. The van der Waals surface area contributed by atoms with Crippen LogP contribution in [-0.4, -0.2) is 30.0 Å². The van der Waals surface area contributed by atoms with Gasteiger partial charge in [-0.05, 0) is 13.3 Å². The zero-order valence-corrected chi connectivity index (χ0v) is 11.0. The summed E-state index contributed by atoms with van der Waals surface area (Å²) in [6, 6.07) is -0.913. The van der Waals surface area contributed by atoms with E-state index in [0.717, 1.165) is 12.8 Å². The Morgan fingerprint density at radius 1 is 1.05 bits per heavy atom. The first kappa shape index (κ1) is 19.0. The number of halogens is 7. The number of hydrogen-bond donors (Lipinski definition) is 1. The van der Waals surface area contributed by atoms with Crippen LogP contribution < -0.4 is 5.32 Å². The molecule has 0 aromatic carbocycles. The molecule has 0 radical (unpaired) electrons. The van der Waals surface area contributed by atoms with Crippen molar-refractivity contribution in [2.45, 2.75) is 63.6 Å². The fourth-order valence-electron chi connectivity index (χ4n) is 1.41. The van der Waals surface area contributed by atoms with Crippen LogP contribution in [-0.2, 0) is 4.79 Å². The molecule has 0 spiro atoms. The van der Waals surface area contributed by atoms with Crippen LogP contribution in [0, 0.1) is 0 Å². The van der Waals surface area contributed by atoms with Gasteiger partial charge in [-0.3, -0.25) is 4.79 Å². The Hall–Kier alpha value is -1.02. The summed E-state index contributed by atoms with van der Waals surface area (Å²) in [4.78, 5) is 11.0. The van der Waals surface area contributed by atoms with Gasteiger partial charge < -0.3 is 5.32 Å². The van der Waals surface area contributed by atoms with Gasteiger partial charge in [-0.2, -0.15) is 30.7 Å². The molecule has 0 aromatic rings. The minimum atomic E-state index is -6.50. The number of carbonyl (C=O) groups is 1. The average Bonchev–Trinajstić information content (AvgIpc) is 2.27. The van der Waals surface area contributed by atoms with Crippen molar-refractivity contribution < 1.29 is 35.5 Å². The second-order valence-corrected chi connectivity index (χ2v) is 4.52. The van der Waals surface area contributed by atoms with Gasteiger partial charge in [0.1, 0.15) is 0 Å². The molecule has 0 aliphatic heterocycles. The monoisotopic (exact) mass is 311 g/mol. The first-order chi connectivity index (χ1) is 8.88. The number of hydrogen-bond acceptors (Lipinski definition) is 1. The van der Waals surface area contributed by atoms with Gasteiger partial charge >= 0.3 is 18.0 Å². The molecule has 9 heteroatoms. The van der Waals surface area contributed by atoms with Gasteiger partial charge in [-0.25, -0.2) is 0 Å². The first-order valence-corrected chi connectivity index (χ1v) is 6.01. The summed E-state index contributed by atoms with van der Waals surface area (Å²) >= 11 is 0. The molecule has 1 atom stereocenters. The molecule has 0 fully saturated rings. The molecule has 0 bridgehead atoms. The molecule has 0 rings (SSSR count). The molecule has 0 aliphatic carbocycles. The molecule has 2 nitrogen and oxygen atoms in total. The number of unbranched alkanes of at least 4 members (excludes halogenated alkanes) is 2. The van der Waals surface area contributed by atoms with Crippen LogP contribution >= 0.6 is 0 Å². The summed E-state index contributed by atoms with van der Waals surface area (Å²) < 4.78 is 86.7. The lowest BCUT2D eigenvalue weighted by molar-refractivity contribution is -0.344. The summed E-state index contributed by atoms with van der Waals surface area (Å²) in [6.07, 6.45) is -4.20. The van der Waals surface area contributed by atoms with Crippen molar-refractivity contribution in [1.82, 2.24) is 5.32 Å². The van der Waals surface area contributed by atoms with E-state index in [1.54, 1.807) is 0 Å². The van der Waals surface area contributed by atoms with Gasteiger partial charge in [0, 0.05) is 6.04 Å². The Morgan fingerprint density at radius 2 is 1.55 bits per heavy atom. The molecule has 20 heavy (non-hydrogen) atoms. The van der Waals surface area contributed by atoms with Crippen LogP contribution in [0.5, 0.6) is 0 Å². The highest BCUT2D eigenvalue weighted by molar-refractivity contribution is 5.85. The summed E-state index contributed by atoms with van der Waals surface area (Å²) in [5.74, 6) is -14.9. The van der Waals surface area contributed by atoms with Gasteiger partial charge in [-0.15, -0.1) is 0 Å². The largest absolute Gasteiger partial charge is 0.460 e. The van der Waals surface area contributed by atoms with Crippen LogP contribution in [0.1, 0.15) is 39.5 Å². The van der Waals surface area contributed by atoms with Crippen molar-refractivity contribution in [1.29, 1.82) is 0 Å². The third-order valence-electron chi connectivity index (χ3n) is 2.65. The summed E-state index contributed by atoms with van der Waals surface area (Å²) in [7, 11) is 0. The predicted octanol–water partition coefficient (Wildman–Crippen LogP) is 3.90. The molecule has 120 valence electrons. The normalized spacial score (nSPS) is 15.1. The van der Waals surface area contributed by atoms with Gasteiger partial charge in [-0.1, -0.05) is 26.2 Å². The number of rotatable bonds is 7. The topological polar surface area (TPSA) is 29.1 Å². The fraction of sp³-hybridized carbons (Fsp3) is 0.909. The lowest BCUT2D eigenvalue weighted by Gasteiger charge is -2.28. The molecule has 0 saturated heterocycles. The predicted molar refractivity (Wildman–Crippen MR) is 57.7 cm³/mol. The summed E-state index contributed by atoms with van der Waals surface area (Å²) in [5.41, 5.74) is 0. The molecule has 0 heterocycles. The SMILES string of the molecule is CCCCCC(C)NC(=O)C(F)(F)C(F)(F)C(F)(F)F. The van der Waals surface area contributed by atoms with E-state index < -0.39 is 30.0 Å². The third kappa shape index (κ3) is 4.24. The van der Waals surface area contributed by atoms with Gasteiger partial charge in [0.15, 0.2) is 0 Å². The molecular formula is C11H16F7NO.